The van der Waals surface area contributed by atoms with Gasteiger partial charge in [0.05, 0.1) is 18.4 Å². The fraction of sp³-hybridized carbons (Fsp3) is 0.214. The number of hydrogen-bond acceptors (Lipinski definition) is 5. The van der Waals surface area contributed by atoms with Gasteiger partial charge in [0.1, 0.15) is 10.9 Å². The molecule has 21 heavy (non-hydrogen) atoms. The molecule has 1 amide bonds. The number of furan rings is 1. The second-order valence-corrected chi connectivity index (χ2v) is 4.54. The highest BCUT2D eigenvalue weighted by Gasteiger charge is 2.20. The van der Waals surface area contributed by atoms with Crippen LogP contribution < -0.4 is 5.32 Å². The fourth-order valence-corrected chi connectivity index (χ4v) is 1.74. The molecule has 0 aromatic carbocycles. The van der Waals surface area contributed by atoms with Crippen molar-refractivity contribution in [2.24, 2.45) is 0 Å². The van der Waals surface area contributed by atoms with E-state index in [0.717, 1.165) is 0 Å². The molecule has 7 heteroatoms. The van der Waals surface area contributed by atoms with E-state index in [9.17, 15) is 9.59 Å². The molecule has 6 nitrogen and oxygen atoms in total. The Bertz CT molecular complexity index is 628. The molecule has 0 saturated heterocycles. The minimum atomic E-state index is -0.955. The van der Waals surface area contributed by atoms with Crippen molar-refractivity contribution in [2.75, 3.05) is 0 Å². The molecular weight excluding hydrogens is 296 g/mol. The first kappa shape index (κ1) is 15.1. The Balaban J connectivity index is 1.88. The lowest BCUT2D eigenvalue weighted by Gasteiger charge is -2.13. The Morgan fingerprint density at radius 3 is 2.90 bits per heavy atom. The number of nitrogens with one attached hydrogen (secondary N) is 1. The van der Waals surface area contributed by atoms with Crippen molar-refractivity contribution in [2.45, 2.75) is 19.6 Å². The van der Waals surface area contributed by atoms with Crippen molar-refractivity contribution >= 4 is 23.5 Å². The Labute approximate surface area is 126 Å². The lowest BCUT2D eigenvalue weighted by atomic mass is 10.3. The molecule has 0 aliphatic carbocycles. The van der Waals surface area contributed by atoms with Gasteiger partial charge in [-0.05, 0) is 31.2 Å². The molecule has 0 spiro atoms. The minimum Gasteiger partial charge on any atom is -0.467 e. The Hall–Kier alpha value is -2.34. The summed E-state index contributed by atoms with van der Waals surface area (Å²) in [5.74, 6) is -0.523. The van der Waals surface area contributed by atoms with Crippen LogP contribution in [0.4, 0.5) is 0 Å². The van der Waals surface area contributed by atoms with Crippen LogP contribution in [-0.2, 0) is 16.1 Å². The highest BCUT2D eigenvalue weighted by molar-refractivity contribution is 6.32. The Morgan fingerprint density at radius 2 is 2.24 bits per heavy atom. The smallest absolute Gasteiger partial charge is 0.342 e. The second-order valence-electron chi connectivity index (χ2n) is 4.19. The number of halogens is 1. The summed E-state index contributed by atoms with van der Waals surface area (Å²) in [4.78, 5) is 27.5. The highest BCUT2D eigenvalue weighted by atomic mass is 35.5. The quantitative estimate of drug-likeness (QED) is 0.676. The predicted molar refractivity (Wildman–Crippen MR) is 74.7 cm³/mol. The van der Waals surface area contributed by atoms with Crippen LogP contribution in [-0.4, -0.2) is 23.0 Å². The SMILES string of the molecule is C[C@@H](OC(=O)c1cccnc1Cl)C(=O)NCc1ccco1. The summed E-state index contributed by atoms with van der Waals surface area (Å²) in [6.07, 6.45) is 2.01. The van der Waals surface area contributed by atoms with E-state index < -0.39 is 18.0 Å². The molecule has 2 heterocycles. The number of pyridine rings is 1. The molecule has 2 rings (SSSR count). The molecule has 0 bridgehead atoms. The van der Waals surface area contributed by atoms with Crippen LogP contribution in [0.3, 0.4) is 0 Å². The summed E-state index contributed by atoms with van der Waals surface area (Å²) in [5, 5.41) is 2.63. The average Bonchev–Trinajstić information content (AvgIpc) is 2.98. The number of nitrogens with zero attached hydrogens (tertiary/aromatic N) is 1. The van der Waals surface area contributed by atoms with E-state index >= 15 is 0 Å². The monoisotopic (exact) mass is 308 g/mol. The molecule has 0 saturated carbocycles. The maximum absolute atomic E-state index is 11.9. The van der Waals surface area contributed by atoms with Gasteiger partial charge in [-0.1, -0.05) is 11.6 Å². The first-order valence-corrected chi connectivity index (χ1v) is 6.57. The zero-order chi connectivity index (χ0) is 15.2. The van der Waals surface area contributed by atoms with Gasteiger partial charge in [-0.15, -0.1) is 0 Å². The number of hydrogen-bond donors (Lipinski definition) is 1. The molecule has 0 aliphatic rings. The molecular formula is C14H13ClN2O4. The molecule has 2 aromatic heterocycles. The van der Waals surface area contributed by atoms with Gasteiger partial charge in [-0.3, -0.25) is 4.79 Å². The largest absolute Gasteiger partial charge is 0.467 e. The van der Waals surface area contributed by atoms with Crippen LogP contribution in [0.1, 0.15) is 23.0 Å². The number of ether oxygens (including phenoxy) is 1. The van der Waals surface area contributed by atoms with Crippen molar-refractivity contribution < 1.29 is 18.7 Å². The van der Waals surface area contributed by atoms with E-state index in [-0.39, 0.29) is 17.3 Å². The number of rotatable bonds is 5. The maximum Gasteiger partial charge on any atom is 0.342 e. The first-order valence-electron chi connectivity index (χ1n) is 6.19. The third kappa shape index (κ3) is 4.06. The summed E-state index contributed by atoms with van der Waals surface area (Å²) >= 11 is 5.79. The lowest BCUT2D eigenvalue weighted by molar-refractivity contribution is -0.129. The molecule has 0 unspecified atom stereocenters. The van der Waals surface area contributed by atoms with Gasteiger partial charge in [0.25, 0.3) is 5.91 Å². The minimum absolute atomic E-state index is 0.0330. The molecule has 110 valence electrons. The maximum atomic E-state index is 11.9. The zero-order valence-electron chi connectivity index (χ0n) is 11.2. The van der Waals surface area contributed by atoms with E-state index in [2.05, 4.69) is 10.3 Å². The molecule has 1 atom stereocenters. The van der Waals surface area contributed by atoms with Crippen molar-refractivity contribution in [3.63, 3.8) is 0 Å². The van der Waals surface area contributed by atoms with Crippen molar-refractivity contribution in [3.8, 4) is 0 Å². The average molecular weight is 309 g/mol. The molecule has 1 N–H and O–H groups in total. The van der Waals surface area contributed by atoms with Crippen LogP contribution in [0, 0.1) is 0 Å². The van der Waals surface area contributed by atoms with Gasteiger partial charge in [0.15, 0.2) is 6.10 Å². The summed E-state index contributed by atoms with van der Waals surface area (Å²) in [6, 6.07) is 6.48. The number of esters is 1. The summed E-state index contributed by atoms with van der Waals surface area (Å²) in [7, 11) is 0. The van der Waals surface area contributed by atoms with Crippen molar-refractivity contribution in [1.82, 2.24) is 10.3 Å². The van der Waals surface area contributed by atoms with E-state index in [1.165, 1.54) is 25.5 Å². The number of carbonyl (C=O) groups excluding carboxylic acids is 2. The van der Waals surface area contributed by atoms with E-state index in [0.29, 0.717) is 5.76 Å². The number of carbonyl (C=O) groups is 2. The standard InChI is InChI=1S/C14H13ClN2O4/c1-9(13(18)17-8-10-4-3-7-20-10)21-14(19)11-5-2-6-16-12(11)15/h2-7,9H,8H2,1H3,(H,17,18)/t9-/m1/s1. The Kier molecular flexibility index (Phi) is 4.94. The van der Waals surface area contributed by atoms with E-state index in [4.69, 9.17) is 20.8 Å². The van der Waals surface area contributed by atoms with Crippen molar-refractivity contribution in [3.05, 3.63) is 53.2 Å². The second kappa shape index (κ2) is 6.90. The zero-order valence-corrected chi connectivity index (χ0v) is 12.0. The highest BCUT2D eigenvalue weighted by Crippen LogP contribution is 2.13. The van der Waals surface area contributed by atoms with E-state index in [1.54, 1.807) is 18.2 Å². The molecule has 0 radical (unpaired) electrons. The van der Waals surface area contributed by atoms with Gasteiger partial charge < -0.3 is 14.5 Å². The molecule has 0 aliphatic heterocycles. The topological polar surface area (TPSA) is 81.4 Å². The number of aromatic nitrogens is 1. The normalized spacial score (nSPS) is 11.7. The van der Waals surface area contributed by atoms with E-state index in [1.807, 2.05) is 0 Å². The van der Waals surface area contributed by atoms with Crippen molar-refractivity contribution in [1.29, 1.82) is 0 Å². The van der Waals surface area contributed by atoms with Crippen LogP contribution in [0.2, 0.25) is 5.15 Å². The summed E-state index contributed by atoms with van der Waals surface area (Å²) in [6.45, 7) is 1.70. The van der Waals surface area contributed by atoms with Crippen LogP contribution in [0.15, 0.2) is 41.1 Å². The van der Waals surface area contributed by atoms with Gasteiger partial charge in [-0.2, -0.15) is 0 Å². The first-order chi connectivity index (χ1) is 10.1. The van der Waals surface area contributed by atoms with Gasteiger partial charge in [-0.25, -0.2) is 9.78 Å². The number of amides is 1. The van der Waals surface area contributed by atoms with Crippen LogP contribution >= 0.6 is 11.6 Å². The fourth-order valence-electron chi connectivity index (χ4n) is 1.55. The third-order valence-corrected chi connectivity index (χ3v) is 2.95. The Morgan fingerprint density at radius 1 is 1.43 bits per heavy atom. The van der Waals surface area contributed by atoms with Gasteiger partial charge in [0, 0.05) is 6.20 Å². The summed E-state index contributed by atoms with van der Waals surface area (Å²) < 4.78 is 10.1. The van der Waals surface area contributed by atoms with Crippen LogP contribution in [0.25, 0.3) is 0 Å². The van der Waals surface area contributed by atoms with Crippen LogP contribution in [0.5, 0.6) is 0 Å². The third-order valence-electron chi connectivity index (χ3n) is 2.65. The summed E-state index contributed by atoms with van der Waals surface area (Å²) in [5.41, 5.74) is 0.116. The molecule has 0 fully saturated rings. The van der Waals surface area contributed by atoms with Gasteiger partial charge in [0.2, 0.25) is 0 Å². The molecule has 2 aromatic rings. The predicted octanol–water partition coefficient (Wildman–Crippen LogP) is 2.19. The lowest BCUT2D eigenvalue weighted by Crippen LogP contribution is -2.35. The van der Waals surface area contributed by atoms with Gasteiger partial charge >= 0.3 is 5.97 Å².